The lowest BCUT2D eigenvalue weighted by atomic mass is 10.0. The molecular weight excluding hydrogens is 264 g/mol. The van der Waals surface area contributed by atoms with Crippen LogP contribution in [0.25, 0.3) is 0 Å². The third-order valence-electron chi connectivity index (χ3n) is 3.65. The molecule has 5 nitrogen and oxygen atoms in total. The van der Waals surface area contributed by atoms with Crippen molar-refractivity contribution < 1.29 is 4.74 Å². The summed E-state index contributed by atoms with van der Waals surface area (Å²) in [5.41, 5.74) is 9.42. The molecule has 0 saturated carbocycles. The van der Waals surface area contributed by atoms with Gasteiger partial charge in [0.15, 0.2) is 0 Å². The van der Waals surface area contributed by atoms with Crippen LogP contribution in [0.3, 0.4) is 0 Å². The van der Waals surface area contributed by atoms with Gasteiger partial charge in [0.25, 0.3) is 0 Å². The van der Waals surface area contributed by atoms with Gasteiger partial charge in [-0.15, -0.1) is 0 Å². The molecule has 0 bridgehead atoms. The normalized spacial score (nSPS) is 16.7. The summed E-state index contributed by atoms with van der Waals surface area (Å²) in [6.45, 7) is 1.47. The van der Waals surface area contributed by atoms with Crippen LogP contribution in [0.5, 0.6) is 5.75 Å². The van der Waals surface area contributed by atoms with Crippen LogP contribution in [0.1, 0.15) is 5.56 Å². The number of nitrogens with zero attached hydrogens (tertiary/aromatic N) is 2. The van der Waals surface area contributed by atoms with Crippen LogP contribution in [0, 0.1) is 11.3 Å². The highest BCUT2D eigenvalue weighted by atomic mass is 16.5. The Morgan fingerprint density at radius 1 is 1.43 bits per heavy atom. The Morgan fingerprint density at radius 2 is 2.24 bits per heavy atom. The number of nitrogens with two attached hydrogens (primary N) is 1. The Bertz CT molecular complexity index is 709. The number of allylic oxidation sites excluding steroid dienone is 1. The molecule has 0 fully saturated rings. The highest BCUT2D eigenvalue weighted by Crippen LogP contribution is 2.31. The van der Waals surface area contributed by atoms with Crippen LogP contribution in [0.2, 0.25) is 0 Å². The van der Waals surface area contributed by atoms with Gasteiger partial charge in [-0.2, -0.15) is 5.26 Å². The fraction of sp³-hybridized carbons (Fsp3) is 0.188. The number of methoxy groups -OCH3 is 1. The van der Waals surface area contributed by atoms with Crippen molar-refractivity contribution in [3.05, 3.63) is 64.8 Å². The maximum absolute atomic E-state index is 9.23. The molecule has 0 radical (unpaired) electrons. The van der Waals surface area contributed by atoms with Gasteiger partial charge in [-0.3, -0.25) is 0 Å². The van der Waals surface area contributed by atoms with Gasteiger partial charge in [-0.25, -0.2) is 0 Å². The lowest BCUT2D eigenvalue weighted by Gasteiger charge is -2.17. The quantitative estimate of drug-likeness (QED) is 0.879. The Balaban J connectivity index is 1.86. The van der Waals surface area contributed by atoms with Gasteiger partial charge in [-0.1, -0.05) is 18.2 Å². The van der Waals surface area contributed by atoms with E-state index in [0.29, 0.717) is 11.4 Å². The van der Waals surface area contributed by atoms with E-state index in [1.165, 1.54) is 0 Å². The summed E-state index contributed by atoms with van der Waals surface area (Å²) in [6.07, 6.45) is 3.86. The number of para-hydroxylation sites is 1. The van der Waals surface area contributed by atoms with Gasteiger partial charge >= 0.3 is 0 Å². The summed E-state index contributed by atoms with van der Waals surface area (Å²) in [6, 6.07) is 10.1. The van der Waals surface area contributed by atoms with Crippen LogP contribution in [-0.4, -0.2) is 18.6 Å². The second-order valence-electron chi connectivity index (χ2n) is 4.97. The molecule has 0 unspecified atom stereocenters. The lowest BCUT2D eigenvalue weighted by molar-refractivity contribution is 0.380. The zero-order valence-corrected chi connectivity index (χ0v) is 11.8. The van der Waals surface area contributed by atoms with E-state index in [-0.39, 0.29) is 0 Å². The molecule has 21 heavy (non-hydrogen) atoms. The van der Waals surface area contributed by atoms with Crippen molar-refractivity contribution in [1.29, 1.82) is 5.26 Å². The largest absolute Gasteiger partial charge is 0.496 e. The minimum absolute atomic E-state index is 0.409. The van der Waals surface area contributed by atoms with Gasteiger partial charge in [0.2, 0.25) is 0 Å². The molecule has 2 aliphatic heterocycles. The Morgan fingerprint density at radius 3 is 3.00 bits per heavy atom. The van der Waals surface area contributed by atoms with Crippen molar-refractivity contribution in [2.75, 3.05) is 13.7 Å². The van der Waals surface area contributed by atoms with E-state index in [1.807, 2.05) is 36.7 Å². The van der Waals surface area contributed by atoms with Crippen molar-refractivity contribution in [2.45, 2.75) is 6.54 Å². The Hall–Kier alpha value is -2.87. The minimum Gasteiger partial charge on any atom is -0.496 e. The average Bonchev–Trinajstić information content (AvgIpc) is 2.90. The molecule has 5 heteroatoms. The Kier molecular flexibility index (Phi) is 3.28. The first-order chi connectivity index (χ1) is 10.2. The second-order valence-corrected chi connectivity index (χ2v) is 4.97. The highest BCUT2D eigenvalue weighted by molar-refractivity contribution is 5.59. The SMILES string of the molecule is COc1ccccc1CN1C=C2C(=CNC(N)=C2C#N)C1. The summed E-state index contributed by atoms with van der Waals surface area (Å²) in [5.74, 6) is 1.28. The van der Waals surface area contributed by atoms with E-state index in [9.17, 15) is 5.26 Å². The molecule has 0 saturated heterocycles. The number of ether oxygens (including phenoxy) is 1. The summed E-state index contributed by atoms with van der Waals surface area (Å²) < 4.78 is 5.38. The zero-order chi connectivity index (χ0) is 14.8. The van der Waals surface area contributed by atoms with Crippen LogP contribution in [0.4, 0.5) is 0 Å². The summed E-state index contributed by atoms with van der Waals surface area (Å²) in [4.78, 5) is 2.15. The second kappa shape index (κ2) is 5.25. The van der Waals surface area contributed by atoms with E-state index in [0.717, 1.165) is 35.5 Å². The molecule has 0 aliphatic carbocycles. The molecule has 0 amide bonds. The van der Waals surface area contributed by atoms with Crippen molar-refractivity contribution >= 4 is 0 Å². The van der Waals surface area contributed by atoms with Crippen LogP contribution in [0.15, 0.2) is 59.2 Å². The van der Waals surface area contributed by atoms with Gasteiger partial charge in [0.05, 0.1) is 7.11 Å². The average molecular weight is 280 g/mol. The smallest absolute Gasteiger partial charge is 0.123 e. The number of dihydropyridines is 1. The van der Waals surface area contributed by atoms with Crippen molar-refractivity contribution in [3.8, 4) is 11.8 Å². The van der Waals surface area contributed by atoms with E-state index in [4.69, 9.17) is 10.5 Å². The van der Waals surface area contributed by atoms with E-state index < -0.39 is 0 Å². The molecule has 0 spiro atoms. The monoisotopic (exact) mass is 280 g/mol. The predicted molar refractivity (Wildman–Crippen MR) is 79.5 cm³/mol. The Labute approximate surface area is 123 Å². The summed E-state index contributed by atoms with van der Waals surface area (Å²) in [5, 5.41) is 12.2. The molecule has 3 N–H and O–H groups in total. The minimum atomic E-state index is 0.409. The molecule has 3 rings (SSSR count). The maximum Gasteiger partial charge on any atom is 0.123 e. The zero-order valence-electron chi connectivity index (χ0n) is 11.8. The number of nitriles is 1. The number of rotatable bonds is 3. The van der Waals surface area contributed by atoms with Crippen LogP contribution in [-0.2, 0) is 6.54 Å². The summed E-state index contributed by atoms with van der Waals surface area (Å²) in [7, 11) is 1.67. The molecule has 0 atom stereocenters. The number of hydrogen-bond acceptors (Lipinski definition) is 5. The van der Waals surface area contributed by atoms with E-state index in [1.54, 1.807) is 7.11 Å². The van der Waals surface area contributed by atoms with Crippen molar-refractivity contribution in [2.24, 2.45) is 5.73 Å². The number of hydrogen-bond donors (Lipinski definition) is 2. The molecule has 1 aromatic rings. The van der Waals surface area contributed by atoms with Gasteiger partial charge in [0.1, 0.15) is 23.2 Å². The maximum atomic E-state index is 9.23. The highest BCUT2D eigenvalue weighted by Gasteiger charge is 2.26. The number of benzene rings is 1. The van der Waals surface area contributed by atoms with Gasteiger partial charge < -0.3 is 20.7 Å². The third-order valence-corrected chi connectivity index (χ3v) is 3.65. The molecule has 2 heterocycles. The predicted octanol–water partition coefficient (Wildman–Crippen LogP) is 1.58. The number of fused-ring (bicyclic) bond motifs is 1. The van der Waals surface area contributed by atoms with E-state index >= 15 is 0 Å². The molecule has 106 valence electrons. The van der Waals surface area contributed by atoms with Crippen molar-refractivity contribution in [3.63, 3.8) is 0 Å². The van der Waals surface area contributed by atoms with Crippen molar-refractivity contribution in [1.82, 2.24) is 10.2 Å². The molecule has 0 aromatic heterocycles. The standard InChI is InChI=1S/C16H16N4O/c1-21-15-5-3-2-4-11(15)8-20-9-12-7-19-16(18)13(6-17)14(12)10-20/h2-5,7,10,19H,8-9,18H2,1H3. The first kappa shape index (κ1) is 13.1. The van der Waals surface area contributed by atoms with Crippen LogP contribution < -0.4 is 15.8 Å². The number of nitrogens with one attached hydrogen (secondary N) is 1. The van der Waals surface area contributed by atoms with Gasteiger partial charge in [0, 0.05) is 36.6 Å². The fourth-order valence-corrected chi connectivity index (χ4v) is 2.62. The summed E-state index contributed by atoms with van der Waals surface area (Å²) >= 11 is 0. The fourth-order valence-electron chi connectivity index (χ4n) is 2.62. The molecule has 1 aromatic carbocycles. The van der Waals surface area contributed by atoms with E-state index in [2.05, 4.69) is 16.3 Å². The third kappa shape index (κ3) is 2.32. The topological polar surface area (TPSA) is 74.3 Å². The van der Waals surface area contributed by atoms with Gasteiger partial charge in [-0.05, 0) is 11.6 Å². The molecular formula is C16H16N4O. The molecule has 2 aliphatic rings. The first-order valence-corrected chi connectivity index (χ1v) is 6.67. The lowest BCUT2D eigenvalue weighted by Crippen LogP contribution is -2.22. The first-order valence-electron chi connectivity index (χ1n) is 6.67. The van der Waals surface area contributed by atoms with Crippen LogP contribution >= 0.6 is 0 Å².